The molecule has 4 aromatic carbocycles. The Balaban J connectivity index is 1.66. The van der Waals surface area contributed by atoms with Crippen molar-refractivity contribution >= 4 is 59.7 Å². The summed E-state index contributed by atoms with van der Waals surface area (Å²) in [6.45, 7) is 0. The van der Waals surface area contributed by atoms with Crippen LogP contribution in [0.4, 0.5) is 11.4 Å². The van der Waals surface area contributed by atoms with Crippen LogP contribution < -0.4 is 10.9 Å². The molecule has 0 atom stereocenters. The highest BCUT2D eigenvalue weighted by molar-refractivity contribution is 6.58. The average molecular weight is 422 g/mol. The SMILES string of the molecule is OB(O)c1ccc(C=Nc2cccc3cccc(N=Cc4ccc(B(O)O)cc4)c23)cc1. The molecule has 0 unspecified atom stereocenters. The van der Waals surface area contributed by atoms with Crippen molar-refractivity contribution in [2.45, 2.75) is 0 Å². The van der Waals surface area contributed by atoms with E-state index in [1.54, 1.807) is 61.0 Å². The van der Waals surface area contributed by atoms with Crippen molar-refractivity contribution in [3.63, 3.8) is 0 Å². The van der Waals surface area contributed by atoms with E-state index in [9.17, 15) is 20.1 Å². The Hall–Kier alpha value is -3.55. The Kier molecular flexibility index (Phi) is 6.58. The zero-order valence-electron chi connectivity index (χ0n) is 17.1. The quantitative estimate of drug-likeness (QED) is 0.281. The average Bonchev–Trinajstić information content (AvgIpc) is 2.81. The fraction of sp³-hybridized carbons (Fsp3) is 0. The van der Waals surface area contributed by atoms with Gasteiger partial charge in [0.25, 0.3) is 0 Å². The van der Waals surface area contributed by atoms with E-state index >= 15 is 0 Å². The minimum absolute atomic E-state index is 0.422. The van der Waals surface area contributed by atoms with Crippen LogP contribution in [0.25, 0.3) is 10.8 Å². The fourth-order valence-corrected chi connectivity index (χ4v) is 3.31. The summed E-state index contributed by atoms with van der Waals surface area (Å²) in [5.41, 5.74) is 4.04. The molecule has 0 heterocycles. The van der Waals surface area contributed by atoms with E-state index in [1.165, 1.54) is 0 Å². The first-order valence-electron chi connectivity index (χ1n) is 10.0. The van der Waals surface area contributed by atoms with E-state index < -0.39 is 14.2 Å². The first-order valence-corrected chi connectivity index (χ1v) is 10.0. The summed E-state index contributed by atoms with van der Waals surface area (Å²) in [7, 11) is -2.99. The monoisotopic (exact) mass is 422 g/mol. The number of benzene rings is 4. The van der Waals surface area contributed by atoms with Crippen LogP contribution in [-0.2, 0) is 0 Å². The number of aliphatic imine (C=N–C) groups is 2. The smallest absolute Gasteiger partial charge is 0.423 e. The van der Waals surface area contributed by atoms with Crippen molar-refractivity contribution in [2.24, 2.45) is 9.98 Å². The van der Waals surface area contributed by atoms with Gasteiger partial charge in [0, 0.05) is 17.8 Å². The van der Waals surface area contributed by atoms with E-state index in [2.05, 4.69) is 9.98 Å². The molecule has 4 rings (SSSR count). The Morgan fingerprint density at radius 3 is 1.31 bits per heavy atom. The summed E-state index contributed by atoms with van der Waals surface area (Å²) in [5, 5.41) is 38.8. The third kappa shape index (κ3) is 5.01. The molecule has 0 bridgehead atoms. The summed E-state index contributed by atoms with van der Waals surface area (Å²) in [4.78, 5) is 9.29. The van der Waals surface area contributed by atoms with Crippen LogP contribution >= 0.6 is 0 Å². The first kappa shape index (κ1) is 21.7. The summed E-state index contributed by atoms with van der Waals surface area (Å²) >= 11 is 0. The molecule has 32 heavy (non-hydrogen) atoms. The van der Waals surface area contributed by atoms with E-state index in [0.717, 1.165) is 33.3 Å². The Bertz CT molecular complexity index is 1180. The number of rotatable bonds is 6. The predicted octanol–water partition coefficient (Wildman–Crippen LogP) is 1.70. The Labute approximate surface area is 186 Å². The van der Waals surface area contributed by atoms with E-state index in [4.69, 9.17) is 0 Å². The van der Waals surface area contributed by atoms with Crippen molar-refractivity contribution < 1.29 is 20.1 Å². The van der Waals surface area contributed by atoms with Gasteiger partial charge in [-0.3, -0.25) is 9.98 Å². The van der Waals surface area contributed by atoms with Gasteiger partial charge in [0.1, 0.15) is 0 Å². The van der Waals surface area contributed by atoms with Gasteiger partial charge < -0.3 is 20.1 Å². The van der Waals surface area contributed by atoms with Gasteiger partial charge in [-0.25, -0.2) is 0 Å². The van der Waals surface area contributed by atoms with Crippen LogP contribution in [0.1, 0.15) is 11.1 Å². The highest BCUT2D eigenvalue weighted by atomic mass is 16.4. The van der Waals surface area contributed by atoms with Gasteiger partial charge in [-0.05, 0) is 39.6 Å². The van der Waals surface area contributed by atoms with Gasteiger partial charge in [0.2, 0.25) is 0 Å². The molecule has 0 aromatic heterocycles. The summed E-state index contributed by atoms with van der Waals surface area (Å²) < 4.78 is 0. The van der Waals surface area contributed by atoms with E-state index in [1.807, 2.05) is 36.4 Å². The second-order valence-electron chi connectivity index (χ2n) is 7.25. The molecule has 156 valence electrons. The van der Waals surface area contributed by atoms with Crippen molar-refractivity contribution in [1.82, 2.24) is 0 Å². The highest BCUT2D eigenvalue weighted by Crippen LogP contribution is 2.34. The third-order valence-electron chi connectivity index (χ3n) is 5.04. The fourth-order valence-electron chi connectivity index (χ4n) is 3.31. The van der Waals surface area contributed by atoms with Gasteiger partial charge >= 0.3 is 14.2 Å². The third-order valence-corrected chi connectivity index (χ3v) is 5.04. The molecule has 0 aliphatic rings. The first-order chi connectivity index (χ1) is 15.5. The molecule has 4 N–H and O–H groups in total. The topological polar surface area (TPSA) is 106 Å². The second-order valence-corrected chi connectivity index (χ2v) is 7.25. The van der Waals surface area contributed by atoms with Crippen molar-refractivity contribution in [2.75, 3.05) is 0 Å². The number of hydrogen-bond donors (Lipinski definition) is 4. The van der Waals surface area contributed by atoms with Gasteiger partial charge in [-0.1, -0.05) is 72.8 Å². The zero-order chi connectivity index (χ0) is 22.5. The molecule has 6 nitrogen and oxygen atoms in total. The number of nitrogens with zero attached hydrogens (tertiary/aromatic N) is 2. The van der Waals surface area contributed by atoms with Crippen LogP contribution in [0.2, 0.25) is 0 Å². The van der Waals surface area contributed by atoms with Crippen LogP contribution in [-0.4, -0.2) is 46.8 Å². The predicted molar refractivity (Wildman–Crippen MR) is 131 cm³/mol. The number of fused-ring (bicyclic) bond motifs is 1. The normalized spacial score (nSPS) is 11.5. The molecule has 0 aliphatic heterocycles. The zero-order valence-corrected chi connectivity index (χ0v) is 17.1. The minimum Gasteiger partial charge on any atom is -0.423 e. The van der Waals surface area contributed by atoms with Gasteiger partial charge in [0.05, 0.1) is 11.4 Å². The Morgan fingerprint density at radius 2 is 0.938 bits per heavy atom. The van der Waals surface area contributed by atoms with Crippen LogP contribution in [0.3, 0.4) is 0 Å². The second kappa shape index (κ2) is 9.72. The maximum atomic E-state index is 9.23. The number of hydrogen-bond acceptors (Lipinski definition) is 6. The van der Waals surface area contributed by atoms with Crippen molar-refractivity contribution in [3.05, 3.63) is 96.1 Å². The lowest BCUT2D eigenvalue weighted by Gasteiger charge is -2.06. The summed E-state index contributed by atoms with van der Waals surface area (Å²) in [6.07, 6.45) is 3.45. The molecule has 4 aromatic rings. The van der Waals surface area contributed by atoms with Crippen LogP contribution in [0.5, 0.6) is 0 Å². The van der Waals surface area contributed by atoms with E-state index in [-0.39, 0.29) is 0 Å². The van der Waals surface area contributed by atoms with Gasteiger partial charge in [-0.15, -0.1) is 0 Å². The van der Waals surface area contributed by atoms with Crippen molar-refractivity contribution in [1.29, 1.82) is 0 Å². The molecule has 0 radical (unpaired) electrons. The lowest BCUT2D eigenvalue weighted by Crippen LogP contribution is -2.29. The molecular formula is C24H20B2N2O4. The Morgan fingerprint density at radius 1 is 0.531 bits per heavy atom. The van der Waals surface area contributed by atoms with E-state index in [0.29, 0.717) is 10.9 Å². The molecular weight excluding hydrogens is 402 g/mol. The van der Waals surface area contributed by atoms with Crippen LogP contribution in [0.15, 0.2) is 94.9 Å². The molecule has 0 fully saturated rings. The minimum atomic E-state index is -1.50. The molecule has 0 amide bonds. The standard InChI is InChI=1S/C24H20B2N2O4/c29-25(30)20-11-7-17(8-12-20)15-27-22-5-1-3-19-4-2-6-23(24(19)22)28-16-18-9-13-21(14-10-18)26(31)32/h1-16,29-32H. The molecule has 0 saturated heterocycles. The molecule has 8 heteroatoms. The lowest BCUT2D eigenvalue weighted by molar-refractivity contribution is 0.424. The summed E-state index contributed by atoms with van der Waals surface area (Å²) in [5.74, 6) is 0. The molecule has 0 spiro atoms. The maximum absolute atomic E-state index is 9.23. The molecule has 0 saturated carbocycles. The van der Waals surface area contributed by atoms with Gasteiger partial charge in [-0.2, -0.15) is 0 Å². The van der Waals surface area contributed by atoms with Crippen molar-refractivity contribution in [3.8, 4) is 0 Å². The lowest BCUT2D eigenvalue weighted by atomic mass is 9.80. The van der Waals surface area contributed by atoms with Crippen LogP contribution in [0, 0.1) is 0 Å². The summed E-state index contributed by atoms with van der Waals surface area (Å²) in [6, 6.07) is 25.4. The van der Waals surface area contributed by atoms with Gasteiger partial charge in [0.15, 0.2) is 0 Å². The maximum Gasteiger partial charge on any atom is 0.488 e. The largest absolute Gasteiger partial charge is 0.488 e. The highest BCUT2D eigenvalue weighted by Gasteiger charge is 2.10. The molecule has 0 aliphatic carbocycles.